The van der Waals surface area contributed by atoms with Gasteiger partial charge in [-0.1, -0.05) is 0 Å². The number of carbonyl (C=O) groups excluding carboxylic acids is 3. The maximum Gasteiger partial charge on any atom is 0.253 e. The van der Waals surface area contributed by atoms with E-state index in [9.17, 15) is 14.4 Å². The molecule has 3 amide bonds. The third-order valence-corrected chi connectivity index (χ3v) is 8.07. The lowest BCUT2D eigenvalue weighted by Crippen LogP contribution is -2.47. The van der Waals surface area contributed by atoms with Gasteiger partial charge in [-0.15, -0.1) is 0 Å². The van der Waals surface area contributed by atoms with E-state index in [0.29, 0.717) is 54.7 Å². The van der Waals surface area contributed by atoms with Gasteiger partial charge in [0.2, 0.25) is 11.8 Å². The number of hydrogen-bond donors (Lipinski definition) is 1. The van der Waals surface area contributed by atoms with Crippen molar-refractivity contribution in [1.29, 1.82) is 0 Å². The molecule has 0 saturated heterocycles. The van der Waals surface area contributed by atoms with Crippen LogP contribution in [0.4, 0.5) is 11.4 Å². The number of amides is 3. The number of aromatic nitrogens is 1. The molecule has 0 bridgehead atoms. The lowest BCUT2D eigenvalue weighted by atomic mass is 9.90. The van der Waals surface area contributed by atoms with Crippen LogP contribution in [0.5, 0.6) is 11.5 Å². The van der Waals surface area contributed by atoms with Gasteiger partial charge in [0.15, 0.2) is 0 Å². The second-order valence-corrected chi connectivity index (χ2v) is 11.4. The molecule has 1 N–H and O–H groups in total. The molecule has 1 aliphatic heterocycles. The highest BCUT2D eigenvalue weighted by molar-refractivity contribution is 6.20. The van der Waals surface area contributed by atoms with Crippen molar-refractivity contribution in [1.82, 2.24) is 15.2 Å². The highest BCUT2D eigenvalue weighted by Crippen LogP contribution is 2.40. The molecule has 0 fully saturated rings. The molecule has 1 aromatic heterocycles. The summed E-state index contributed by atoms with van der Waals surface area (Å²) in [5.41, 5.74) is 1.92. The van der Waals surface area contributed by atoms with E-state index in [1.54, 1.807) is 86.4 Å². The molecule has 2 aromatic carbocycles. The number of rotatable bonds is 13. The van der Waals surface area contributed by atoms with Crippen LogP contribution in [0.15, 0.2) is 67.0 Å². The van der Waals surface area contributed by atoms with Crippen molar-refractivity contribution in [2.24, 2.45) is 5.41 Å². The SMILES string of the molecule is CCN1C(=O)C(C)(C)C(=O)N(C)c2cc(OCCCC(NCCN(C)C(=O)c3ccc(OC)cc3)c3ccncc3)ccc21. The Morgan fingerprint density at radius 2 is 1.68 bits per heavy atom. The normalized spacial score (nSPS) is 15.0. The molecule has 0 saturated carbocycles. The van der Waals surface area contributed by atoms with Crippen molar-refractivity contribution in [2.75, 3.05) is 57.2 Å². The second-order valence-electron chi connectivity index (χ2n) is 11.4. The van der Waals surface area contributed by atoms with E-state index in [1.807, 2.05) is 37.3 Å². The van der Waals surface area contributed by atoms with Crippen LogP contribution in [0.1, 0.15) is 55.6 Å². The molecule has 0 radical (unpaired) electrons. The smallest absolute Gasteiger partial charge is 0.253 e. The first kappa shape index (κ1) is 32.5. The summed E-state index contributed by atoms with van der Waals surface area (Å²) in [5, 5.41) is 3.59. The molecule has 3 aromatic rings. The van der Waals surface area contributed by atoms with Gasteiger partial charge in [0.25, 0.3) is 5.91 Å². The molecule has 10 nitrogen and oxygen atoms in total. The summed E-state index contributed by atoms with van der Waals surface area (Å²) >= 11 is 0. The number of ether oxygens (including phenoxy) is 2. The number of benzene rings is 2. The molecule has 1 atom stereocenters. The summed E-state index contributed by atoms with van der Waals surface area (Å²) in [6, 6.07) is 16.7. The predicted molar refractivity (Wildman–Crippen MR) is 171 cm³/mol. The standard InChI is InChI=1S/C34H43N5O5/c1-7-39-29-15-14-27(23-30(29)38(5)32(41)34(2,3)33(39)42)44-22-8-9-28(24-16-18-35-19-17-24)36-20-21-37(4)31(40)25-10-12-26(43-6)13-11-25/h10-19,23,28,36H,7-9,20-22H2,1-6H3. The van der Waals surface area contributed by atoms with Gasteiger partial charge in [-0.2, -0.15) is 0 Å². The van der Waals surface area contributed by atoms with E-state index in [4.69, 9.17) is 9.47 Å². The Morgan fingerprint density at radius 1 is 1.00 bits per heavy atom. The number of likely N-dealkylation sites (N-methyl/N-ethyl adjacent to an activating group) is 1. The number of carbonyl (C=O) groups is 3. The summed E-state index contributed by atoms with van der Waals surface area (Å²) in [6.45, 7) is 7.33. The predicted octanol–water partition coefficient (Wildman–Crippen LogP) is 4.71. The highest BCUT2D eigenvalue weighted by atomic mass is 16.5. The topological polar surface area (TPSA) is 104 Å². The number of methoxy groups -OCH3 is 1. The minimum absolute atomic E-state index is 0.0493. The maximum atomic E-state index is 13.1. The number of anilines is 2. The third kappa shape index (κ3) is 7.19. The highest BCUT2D eigenvalue weighted by Gasteiger charge is 2.45. The van der Waals surface area contributed by atoms with Crippen molar-refractivity contribution in [3.05, 3.63) is 78.1 Å². The Kier molecular flexibility index (Phi) is 10.6. The minimum atomic E-state index is -1.16. The van der Waals surface area contributed by atoms with E-state index >= 15 is 0 Å². The molecule has 44 heavy (non-hydrogen) atoms. The van der Waals surface area contributed by atoms with Gasteiger partial charge in [-0.05, 0) is 87.7 Å². The molecule has 4 rings (SSSR count). The summed E-state index contributed by atoms with van der Waals surface area (Å²) in [6.07, 6.45) is 5.12. The molecule has 234 valence electrons. The Balaban J connectivity index is 1.35. The quantitative estimate of drug-likeness (QED) is 0.224. The van der Waals surface area contributed by atoms with Crippen molar-refractivity contribution in [3.8, 4) is 11.5 Å². The average Bonchev–Trinajstić information content (AvgIpc) is 3.10. The van der Waals surface area contributed by atoms with Gasteiger partial charge in [0.1, 0.15) is 16.9 Å². The van der Waals surface area contributed by atoms with E-state index in [2.05, 4.69) is 10.3 Å². The van der Waals surface area contributed by atoms with Gasteiger partial charge in [0.05, 0.1) is 25.1 Å². The largest absolute Gasteiger partial charge is 0.497 e. The molecule has 1 unspecified atom stereocenters. The van der Waals surface area contributed by atoms with Gasteiger partial charge >= 0.3 is 0 Å². The van der Waals surface area contributed by atoms with Gasteiger partial charge in [-0.25, -0.2) is 0 Å². The summed E-state index contributed by atoms with van der Waals surface area (Å²) in [7, 11) is 5.10. The zero-order chi connectivity index (χ0) is 31.9. The Hall–Kier alpha value is -4.44. The monoisotopic (exact) mass is 601 g/mol. The Morgan fingerprint density at radius 3 is 2.34 bits per heavy atom. The van der Waals surface area contributed by atoms with Gasteiger partial charge < -0.3 is 29.5 Å². The lowest BCUT2D eigenvalue weighted by molar-refractivity contribution is -0.137. The molecule has 2 heterocycles. The van der Waals surface area contributed by atoms with E-state index in [0.717, 1.165) is 18.4 Å². The maximum absolute atomic E-state index is 13.1. The fourth-order valence-electron chi connectivity index (χ4n) is 5.39. The average molecular weight is 602 g/mol. The van der Waals surface area contributed by atoms with Crippen LogP contribution < -0.4 is 24.6 Å². The lowest BCUT2D eigenvalue weighted by Gasteiger charge is -2.27. The number of nitrogens with one attached hydrogen (secondary N) is 1. The number of fused-ring (bicyclic) bond motifs is 1. The molecule has 10 heteroatoms. The summed E-state index contributed by atoms with van der Waals surface area (Å²) in [4.78, 5) is 48.2. The molecular weight excluding hydrogens is 558 g/mol. The first-order valence-electron chi connectivity index (χ1n) is 15.0. The van der Waals surface area contributed by atoms with Crippen LogP contribution in [-0.2, 0) is 9.59 Å². The molecule has 0 aliphatic carbocycles. The van der Waals surface area contributed by atoms with Crippen LogP contribution in [0, 0.1) is 5.41 Å². The Bertz CT molecular complexity index is 1440. The number of nitrogens with zero attached hydrogens (tertiary/aromatic N) is 4. The van der Waals surface area contributed by atoms with Gasteiger partial charge in [-0.3, -0.25) is 19.4 Å². The fourth-order valence-corrected chi connectivity index (χ4v) is 5.39. The minimum Gasteiger partial charge on any atom is -0.497 e. The van der Waals surface area contributed by atoms with Crippen molar-refractivity contribution in [2.45, 2.75) is 39.7 Å². The van der Waals surface area contributed by atoms with E-state index in [-0.39, 0.29) is 23.8 Å². The first-order valence-corrected chi connectivity index (χ1v) is 15.0. The van der Waals surface area contributed by atoms with E-state index < -0.39 is 5.41 Å². The second kappa shape index (κ2) is 14.4. The zero-order valence-electron chi connectivity index (χ0n) is 26.5. The summed E-state index contributed by atoms with van der Waals surface area (Å²) in [5.74, 6) is 0.836. The van der Waals surface area contributed by atoms with E-state index in [1.165, 1.54) is 0 Å². The van der Waals surface area contributed by atoms with Crippen LogP contribution in [0.25, 0.3) is 0 Å². The first-order chi connectivity index (χ1) is 21.1. The zero-order valence-corrected chi connectivity index (χ0v) is 26.5. The molecule has 0 spiro atoms. The van der Waals surface area contributed by atoms with Crippen LogP contribution >= 0.6 is 0 Å². The summed E-state index contributed by atoms with van der Waals surface area (Å²) < 4.78 is 11.3. The van der Waals surface area contributed by atoms with Crippen LogP contribution in [-0.4, -0.2) is 75.1 Å². The number of pyridine rings is 1. The number of hydrogen-bond acceptors (Lipinski definition) is 7. The Labute approximate surface area is 260 Å². The van der Waals surface area contributed by atoms with Crippen molar-refractivity contribution < 1.29 is 23.9 Å². The third-order valence-electron chi connectivity index (χ3n) is 8.07. The van der Waals surface area contributed by atoms with Crippen LogP contribution in [0.2, 0.25) is 0 Å². The van der Waals surface area contributed by atoms with Crippen molar-refractivity contribution in [3.63, 3.8) is 0 Å². The fraction of sp³-hybridized carbons (Fsp3) is 0.412. The van der Waals surface area contributed by atoms with Crippen LogP contribution in [0.3, 0.4) is 0 Å². The van der Waals surface area contributed by atoms with Gasteiger partial charge in [0, 0.05) is 63.8 Å². The molecular formula is C34H43N5O5. The molecule has 1 aliphatic rings. The van der Waals surface area contributed by atoms with Crippen molar-refractivity contribution >= 4 is 29.1 Å².